The minimum absolute atomic E-state index is 0. The van der Waals surface area contributed by atoms with E-state index in [0.717, 1.165) is 0 Å². The van der Waals surface area contributed by atoms with Crippen LogP contribution >= 0.6 is 0 Å². The third-order valence-electron chi connectivity index (χ3n) is 1.62. The number of hydrogen-bond donors (Lipinski definition) is 0. The van der Waals surface area contributed by atoms with E-state index < -0.39 is 11.9 Å². The summed E-state index contributed by atoms with van der Waals surface area (Å²) < 4.78 is 14.6. The largest absolute Gasteiger partial charge is 0.460 e. The Bertz CT molecular complexity index is 277. The monoisotopic (exact) mass is 274 g/mol. The fourth-order valence-corrected chi connectivity index (χ4v) is 0.735. The maximum atomic E-state index is 10.9. The lowest BCUT2D eigenvalue weighted by Gasteiger charge is -2.06. The fourth-order valence-electron chi connectivity index (χ4n) is 0.735. The molecule has 0 atom stereocenters. The minimum atomic E-state index is -0.442. The summed E-state index contributed by atoms with van der Waals surface area (Å²) in [6.07, 6.45) is 0. The summed E-state index contributed by atoms with van der Waals surface area (Å²) >= 11 is 0. The average molecular weight is 274 g/mol. The van der Waals surface area contributed by atoms with Crippen LogP contribution in [-0.2, 0) is 23.8 Å². The van der Waals surface area contributed by atoms with Gasteiger partial charge in [0.2, 0.25) is 0 Å². The van der Waals surface area contributed by atoms with E-state index >= 15 is 0 Å². The Hall–Kier alpha value is -1.62. The molecule has 0 aromatic carbocycles. The Labute approximate surface area is 116 Å². The van der Waals surface area contributed by atoms with Crippen LogP contribution in [0.5, 0.6) is 0 Å². The topological polar surface area (TPSA) is 61.8 Å². The zero-order valence-electron chi connectivity index (χ0n) is 10.3. The minimum Gasteiger partial charge on any atom is -0.460 e. The highest BCUT2D eigenvalue weighted by atomic mass is 16.6. The van der Waals surface area contributed by atoms with Gasteiger partial charge >= 0.3 is 11.9 Å². The van der Waals surface area contributed by atoms with E-state index in [1.54, 1.807) is 13.8 Å². The molecule has 112 valence electrons. The Morgan fingerprint density at radius 3 is 1.37 bits per heavy atom. The summed E-state index contributed by atoms with van der Waals surface area (Å²) in [5, 5.41) is 0. The van der Waals surface area contributed by atoms with Crippen LogP contribution in [0.4, 0.5) is 0 Å². The first kappa shape index (κ1) is 22.6. The van der Waals surface area contributed by atoms with E-state index in [9.17, 15) is 9.59 Å². The summed E-state index contributed by atoms with van der Waals surface area (Å²) in [7, 11) is 0. The second-order valence-corrected chi connectivity index (χ2v) is 3.44. The number of carbonyl (C=O) groups is 2. The van der Waals surface area contributed by atoms with E-state index in [1.165, 1.54) is 0 Å². The van der Waals surface area contributed by atoms with E-state index in [4.69, 9.17) is 14.2 Å². The first-order chi connectivity index (χ1) is 7.95. The molecule has 0 rings (SSSR count). The van der Waals surface area contributed by atoms with Crippen LogP contribution in [0.25, 0.3) is 0 Å². The van der Waals surface area contributed by atoms with E-state index in [0.29, 0.717) is 11.1 Å². The van der Waals surface area contributed by atoms with Crippen molar-refractivity contribution in [3.05, 3.63) is 24.3 Å². The lowest BCUT2D eigenvalue weighted by molar-refractivity contribution is -0.141. The zero-order chi connectivity index (χ0) is 13.3. The SMILES string of the molecule is C.C.C=C(C)C(=O)OCCOCCOC(=O)C(=C)C. The van der Waals surface area contributed by atoms with Gasteiger partial charge in [0, 0.05) is 11.1 Å². The molecule has 0 amide bonds. The molecule has 0 aromatic rings. The molecular weight excluding hydrogens is 248 g/mol. The molecular formula is C14H26O5. The molecule has 0 heterocycles. The summed E-state index contributed by atoms with van der Waals surface area (Å²) in [6.45, 7) is 10.8. The molecule has 5 heteroatoms. The molecule has 0 radical (unpaired) electrons. The number of hydrogen-bond acceptors (Lipinski definition) is 5. The highest BCUT2D eigenvalue weighted by Crippen LogP contribution is 1.93. The number of rotatable bonds is 8. The molecule has 0 aliphatic rings. The lowest BCUT2D eigenvalue weighted by Crippen LogP contribution is -2.14. The van der Waals surface area contributed by atoms with Crippen molar-refractivity contribution in [3.8, 4) is 0 Å². The third kappa shape index (κ3) is 12.6. The highest BCUT2D eigenvalue weighted by Gasteiger charge is 2.03. The molecule has 0 saturated carbocycles. The fraction of sp³-hybridized carbons (Fsp3) is 0.571. The van der Waals surface area contributed by atoms with Gasteiger partial charge in [-0.05, 0) is 13.8 Å². The van der Waals surface area contributed by atoms with E-state index in [2.05, 4.69) is 13.2 Å². The van der Waals surface area contributed by atoms with Crippen LogP contribution in [0.15, 0.2) is 24.3 Å². The number of carbonyl (C=O) groups excluding carboxylic acids is 2. The van der Waals surface area contributed by atoms with Gasteiger partial charge in [-0.3, -0.25) is 0 Å². The van der Waals surface area contributed by atoms with Crippen molar-refractivity contribution in [1.82, 2.24) is 0 Å². The molecule has 0 N–H and O–H groups in total. The molecule has 0 spiro atoms. The maximum absolute atomic E-state index is 10.9. The van der Waals surface area contributed by atoms with Crippen molar-refractivity contribution in [2.45, 2.75) is 28.7 Å². The summed E-state index contributed by atoms with van der Waals surface area (Å²) in [5.74, 6) is -0.885. The van der Waals surface area contributed by atoms with Crippen LogP contribution < -0.4 is 0 Å². The molecule has 0 unspecified atom stereocenters. The van der Waals surface area contributed by atoms with E-state index in [-0.39, 0.29) is 41.3 Å². The van der Waals surface area contributed by atoms with Crippen LogP contribution in [0, 0.1) is 0 Å². The van der Waals surface area contributed by atoms with Crippen LogP contribution in [0.3, 0.4) is 0 Å². The van der Waals surface area contributed by atoms with Gasteiger partial charge in [-0.1, -0.05) is 28.0 Å². The van der Waals surface area contributed by atoms with Gasteiger partial charge in [0.25, 0.3) is 0 Å². The van der Waals surface area contributed by atoms with Gasteiger partial charge in [0.15, 0.2) is 0 Å². The van der Waals surface area contributed by atoms with Crippen molar-refractivity contribution in [2.24, 2.45) is 0 Å². The summed E-state index contributed by atoms with van der Waals surface area (Å²) in [6, 6.07) is 0. The molecule has 0 fully saturated rings. The molecule has 0 aromatic heterocycles. The van der Waals surface area contributed by atoms with Gasteiger partial charge in [0.05, 0.1) is 13.2 Å². The highest BCUT2D eigenvalue weighted by molar-refractivity contribution is 5.87. The van der Waals surface area contributed by atoms with Crippen LogP contribution in [0.1, 0.15) is 28.7 Å². The predicted molar refractivity (Wildman–Crippen MR) is 75.8 cm³/mol. The molecule has 19 heavy (non-hydrogen) atoms. The molecule has 0 saturated heterocycles. The van der Waals surface area contributed by atoms with Gasteiger partial charge in [0.1, 0.15) is 13.2 Å². The first-order valence-corrected chi connectivity index (χ1v) is 5.18. The van der Waals surface area contributed by atoms with Crippen molar-refractivity contribution in [2.75, 3.05) is 26.4 Å². The van der Waals surface area contributed by atoms with Crippen molar-refractivity contribution in [3.63, 3.8) is 0 Å². The zero-order valence-corrected chi connectivity index (χ0v) is 10.3. The smallest absolute Gasteiger partial charge is 0.333 e. The normalized spacial score (nSPS) is 8.53. The third-order valence-corrected chi connectivity index (χ3v) is 1.62. The Balaban J connectivity index is -0.00000128. The molecule has 0 bridgehead atoms. The summed E-state index contributed by atoms with van der Waals surface area (Å²) in [5.41, 5.74) is 0.695. The quantitative estimate of drug-likeness (QED) is 0.386. The van der Waals surface area contributed by atoms with Crippen molar-refractivity contribution in [1.29, 1.82) is 0 Å². The summed E-state index contributed by atoms with van der Waals surface area (Å²) in [4.78, 5) is 21.9. The lowest BCUT2D eigenvalue weighted by atomic mass is 10.4. The van der Waals surface area contributed by atoms with Crippen molar-refractivity contribution < 1.29 is 23.8 Å². The van der Waals surface area contributed by atoms with Crippen molar-refractivity contribution >= 4 is 11.9 Å². The van der Waals surface area contributed by atoms with Gasteiger partial charge in [-0.15, -0.1) is 0 Å². The second kappa shape index (κ2) is 12.8. The Morgan fingerprint density at radius 2 is 1.11 bits per heavy atom. The average Bonchev–Trinajstić information content (AvgIpc) is 2.26. The second-order valence-electron chi connectivity index (χ2n) is 3.44. The number of ether oxygens (including phenoxy) is 3. The van der Waals surface area contributed by atoms with E-state index in [1.807, 2.05) is 0 Å². The van der Waals surface area contributed by atoms with Gasteiger partial charge in [-0.25, -0.2) is 9.59 Å². The molecule has 0 aliphatic heterocycles. The van der Waals surface area contributed by atoms with Crippen LogP contribution in [-0.4, -0.2) is 38.4 Å². The standard InChI is InChI=1S/C12H18O5.2CH4/c1-9(2)11(13)16-7-5-15-6-8-17-12(14)10(3)4;;/h1,3,5-8H2,2,4H3;2*1H4. The maximum Gasteiger partial charge on any atom is 0.333 e. The molecule has 5 nitrogen and oxygen atoms in total. The molecule has 0 aliphatic carbocycles. The first-order valence-electron chi connectivity index (χ1n) is 5.18. The van der Waals surface area contributed by atoms with Gasteiger partial charge < -0.3 is 14.2 Å². The van der Waals surface area contributed by atoms with Crippen LogP contribution in [0.2, 0.25) is 0 Å². The van der Waals surface area contributed by atoms with Gasteiger partial charge in [-0.2, -0.15) is 0 Å². The number of esters is 2. The predicted octanol–water partition coefficient (Wildman–Crippen LogP) is 2.51. The Kier molecular flexibility index (Phi) is 15.2. The Morgan fingerprint density at radius 1 is 0.789 bits per heavy atom.